The topological polar surface area (TPSA) is 29.5 Å². The Hall–Kier alpha value is -2.07. The number of halogens is 2. The molecular formula is C17H17ClFNO2. The molecule has 0 saturated heterocycles. The maximum atomic E-state index is 13.0. The smallest absolute Gasteiger partial charge is 0.242 e. The summed E-state index contributed by atoms with van der Waals surface area (Å²) in [6.07, 6.45) is 0. The molecule has 0 aliphatic carbocycles. The number of nitrogens with zero attached hydrogens (tertiary/aromatic N) is 1. The third-order valence-corrected chi connectivity index (χ3v) is 3.48. The zero-order chi connectivity index (χ0) is 16.1. The molecule has 0 saturated carbocycles. The number of hydrogen-bond donors (Lipinski definition) is 0. The Morgan fingerprint density at radius 1 is 1.23 bits per heavy atom. The Morgan fingerprint density at radius 2 is 1.91 bits per heavy atom. The quantitative estimate of drug-likeness (QED) is 0.781. The average Bonchev–Trinajstić information content (AvgIpc) is 2.52. The van der Waals surface area contributed by atoms with Crippen molar-refractivity contribution < 1.29 is 13.9 Å². The maximum absolute atomic E-state index is 13.0. The van der Waals surface area contributed by atoms with Crippen molar-refractivity contribution >= 4 is 23.2 Å². The highest BCUT2D eigenvalue weighted by Gasteiger charge is 2.16. The fourth-order valence-corrected chi connectivity index (χ4v) is 2.31. The molecule has 0 bridgehead atoms. The zero-order valence-electron chi connectivity index (χ0n) is 12.5. The van der Waals surface area contributed by atoms with Crippen LogP contribution < -0.4 is 9.64 Å². The Bertz CT molecular complexity index is 658. The lowest BCUT2D eigenvalue weighted by Crippen LogP contribution is -2.31. The summed E-state index contributed by atoms with van der Waals surface area (Å²) in [6.45, 7) is 2.24. The van der Waals surface area contributed by atoms with Crippen molar-refractivity contribution in [3.63, 3.8) is 0 Å². The number of benzene rings is 2. The molecule has 2 rings (SSSR count). The van der Waals surface area contributed by atoms with E-state index in [0.717, 1.165) is 11.1 Å². The molecule has 0 heterocycles. The van der Waals surface area contributed by atoms with E-state index in [4.69, 9.17) is 16.3 Å². The fraction of sp³-hybridized carbons (Fsp3) is 0.235. The van der Waals surface area contributed by atoms with Gasteiger partial charge >= 0.3 is 0 Å². The second-order valence-electron chi connectivity index (χ2n) is 4.95. The molecule has 2 aromatic carbocycles. The van der Waals surface area contributed by atoms with Crippen LogP contribution in [0.5, 0.6) is 5.75 Å². The minimum Gasteiger partial charge on any atom is -0.497 e. The van der Waals surface area contributed by atoms with Crippen LogP contribution >= 0.6 is 11.6 Å². The van der Waals surface area contributed by atoms with Crippen molar-refractivity contribution in [3.8, 4) is 5.75 Å². The molecule has 0 unspecified atom stereocenters. The zero-order valence-corrected chi connectivity index (χ0v) is 13.2. The van der Waals surface area contributed by atoms with E-state index in [1.807, 2.05) is 19.1 Å². The Labute approximate surface area is 134 Å². The predicted octanol–water partition coefficient (Wildman–Crippen LogP) is 3.91. The van der Waals surface area contributed by atoms with E-state index in [1.165, 1.54) is 12.1 Å². The first kappa shape index (κ1) is 16.3. The van der Waals surface area contributed by atoms with Crippen LogP contribution in [-0.2, 0) is 11.3 Å². The van der Waals surface area contributed by atoms with Crippen molar-refractivity contribution in [2.45, 2.75) is 13.5 Å². The van der Waals surface area contributed by atoms with Gasteiger partial charge in [-0.1, -0.05) is 12.1 Å². The number of alkyl halides is 1. The lowest BCUT2D eigenvalue weighted by molar-refractivity contribution is -0.116. The number of methoxy groups -OCH3 is 1. The first-order chi connectivity index (χ1) is 10.5. The molecule has 0 aliphatic heterocycles. The summed E-state index contributed by atoms with van der Waals surface area (Å²) in [7, 11) is 1.58. The highest BCUT2D eigenvalue weighted by molar-refractivity contribution is 6.29. The SMILES string of the molecule is COc1cc(C)cc(N(Cc2ccc(F)cc2)C(=O)CCl)c1. The summed E-state index contributed by atoms with van der Waals surface area (Å²) < 4.78 is 18.2. The first-order valence-corrected chi connectivity index (χ1v) is 7.33. The lowest BCUT2D eigenvalue weighted by Gasteiger charge is -2.23. The highest BCUT2D eigenvalue weighted by Crippen LogP contribution is 2.25. The van der Waals surface area contributed by atoms with Gasteiger partial charge in [0.15, 0.2) is 0 Å². The standard InChI is InChI=1S/C17H17ClFNO2/c1-12-7-15(9-16(8-12)22-2)20(17(21)10-18)11-13-3-5-14(19)6-4-13/h3-9H,10-11H2,1-2H3. The van der Waals surface area contributed by atoms with Gasteiger partial charge in [0, 0.05) is 11.8 Å². The van der Waals surface area contributed by atoms with E-state index < -0.39 is 0 Å². The van der Waals surface area contributed by atoms with Crippen LogP contribution in [0, 0.1) is 12.7 Å². The summed E-state index contributed by atoms with van der Waals surface area (Å²) in [5.41, 5.74) is 2.49. The average molecular weight is 322 g/mol. The van der Waals surface area contributed by atoms with Crippen LogP contribution in [0.25, 0.3) is 0 Å². The van der Waals surface area contributed by atoms with E-state index in [1.54, 1.807) is 30.2 Å². The molecule has 2 aromatic rings. The summed E-state index contributed by atoms with van der Waals surface area (Å²) in [6, 6.07) is 11.6. The molecule has 0 N–H and O–H groups in total. The summed E-state index contributed by atoms with van der Waals surface area (Å²) in [5, 5.41) is 0. The highest BCUT2D eigenvalue weighted by atomic mass is 35.5. The lowest BCUT2D eigenvalue weighted by atomic mass is 10.1. The molecule has 0 radical (unpaired) electrons. The van der Waals surface area contributed by atoms with Crippen molar-refractivity contribution in [3.05, 3.63) is 59.4 Å². The molecular weight excluding hydrogens is 305 g/mol. The van der Waals surface area contributed by atoms with Gasteiger partial charge in [-0.15, -0.1) is 11.6 Å². The molecule has 0 aromatic heterocycles. The molecule has 0 fully saturated rings. The summed E-state index contributed by atoms with van der Waals surface area (Å²) in [5.74, 6) is 0.00795. The normalized spacial score (nSPS) is 10.4. The number of aryl methyl sites for hydroxylation is 1. The van der Waals surface area contributed by atoms with Gasteiger partial charge in [-0.2, -0.15) is 0 Å². The Balaban J connectivity index is 2.35. The van der Waals surface area contributed by atoms with Crippen LogP contribution in [0.4, 0.5) is 10.1 Å². The van der Waals surface area contributed by atoms with Crippen LogP contribution in [0.1, 0.15) is 11.1 Å². The molecule has 0 spiro atoms. The van der Waals surface area contributed by atoms with Gasteiger partial charge in [0.1, 0.15) is 17.4 Å². The van der Waals surface area contributed by atoms with Crippen LogP contribution in [0.2, 0.25) is 0 Å². The number of hydrogen-bond acceptors (Lipinski definition) is 2. The number of ether oxygens (including phenoxy) is 1. The molecule has 22 heavy (non-hydrogen) atoms. The third kappa shape index (κ3) is 3.98. The third-order valence-electron chi connectivity index (χ3n) is 3.25. The summed E-state index contributed by atoms with van der Waals surface area (Å²) >= 11 is 5.72. The van der Waals surface area contributed by atoms with E-state index in [2.05, 4.69) is 0 Å². The van der Waals surface area contributed by atoms with Crippen LogP contribution in [-0.4, -0.2) is 18.9 Å². The molecule has 1 amide bonds. The molecule has 3 nitrogen and oxygen atoms in total. The molecule has 0 aliphatic rings. The predicted molar refractivity (Wildman–Crippen MR) is 86.0 cm³/mol. The Kier molecular flexibility index (Phi) is 5.39. The number of carbonyl (C=O) groups excluding carboxylic acids is 1. The van der Waals surface area contributed by atoms with Crippen molar-refractivity contribution in [1.29, 1.82) is 0 Å². The number of amides is 1. The van der Waals surface area contributed by atoms with Crippen molar-refractivity contribution in [2.75, 3.05) is 17.9 Å². The monoisotopic (exact) mass is 321 g/mol. The molecule has 5 heteroatoms. The van der Waals surface area contributed by atoms with E-state index in [0.29, 0.717) is 18.0 Å². The van der Waals surface area contributed by atoms with Crippen molar-refractivity contribution in [2.24, 2.45) is 0 Å². The minimum atomic E-state index is -0.309. The second kappa shape index (κ2) is 7.27. The second-order valence-corrected chi connectivity index (χ2v) is 5.22. The molecule has 116 valence electrons. The van der Waals surface area contributed by atoms with E-state index >= 15 is 0 Å². The Morgan fingerprint density at radius 3 is 2.50 bits per heavy atom. The van der Waals surface area contributed by atoms with Gasteiger partial charge in [-0.05, 0) is 42.3 Å². The van der Waals surface area contributed by atoms with Gasteiger partial charge in [-0.3, -0.25) is 4.79 Å². The van der Waals surface area contributed by atoms with Crippen LogP contribution in [0.3, 0.4) is 0 Å². The number of carbonyl (C=O) groups is 1. The van der Waals surface area contributed by atoms with Gasteiger partial charge in [0.25, 0.3) is 0 Å². The molecule has 0 atom stereocenters. The first-order valence-electron chi connectivity index (χ1n) is 6.80. The number of anilines is 1. The van der Waals surface area contributed by atoms with Crippen molar-refractivity contribution in [1.82, 2.24) is 0 Å². The van der Waals surface area contributed by atoms with Crippen LogP contribution in [0.15, 0.2) is 42.5 Å². The largest absolute Gasteiger partial charge is 0.497 e. The van der Waals surface area contributed by atoms with Gasteiger partial charge in [0.05, 0.1) is 13.7 Å². The van der Waals surface area contributed by atoms with E-state index in [9.17, 15) is 9.18 Å². The van der Waals surface area contributed by atoms with E-state index in [-0.39, 0.29) is 17.6 Å². The van der Waals surface area contributed by atoms with Gasteiger partial charge in [0.2, 0.25) is 5.91 Å². The van der Waals surface area contributed by atoms with Gasteiger partial charge in [-0.25, -0.2) is 4.39 Å². The number of rotatable bonds is 5. The fourth-order valence-electron chi connectivity index (χ4n) is 2.17. The summed E-state index contributed by atoms with van der Waals surface area (Å²) in [4.78, 5) is 13.7. The van der Waals surface area contributed by atoms with Gasteiger partial charge < -0.3 is 9.64 Å². The maximum Gasteiger partial charge on any atom is 0.242 e. The minimum absolute atomic E-state index is 0.128.